The van der Waals surface area contributed by atoms with Crippen LogP contribution in [0.1, 0.15) is 0 Å². The van der Waals surface area contributed by atoms with E-state index in [0.29, 0.717) is 0 Å². The van der Waals surface area contributed by atoms with Crippen LogP contribution < -0.4 is 0 Å². The number of hydrogen-bond donors (Lipinski definition) is 0. The molecule has 9 heavy (non-hydrogen) atoms. The van der Waals surface area contributed by atoms with Gasteiger partial charge in [0.15, 0.2) is 0 Å². The van der Waals surface area contributed by atoms with E-state index in [1.807, 2.05) is 0 Å². The third kappa shape index (κ3) is 2.82. The van der Waals surface area contributed by atoms with Gasteiger partial charge in [-0.2, -0.15) is 4.79 Å². The fourth-order valence-electron chi connectivity index (χ4n) is 0.185. The molecule has 0 aliphatic heterocycles. The van der Waals surface area contributed by atoms with E-state index in [9.17, 15) is 9.36 Å². The molecule has 4 nitrogen and oxygen atoms in total. The van der Waals surface area contributed by atoms with Gasteiger partial charge in [-0.05, 0) is 4.57 Å². The Labute approximate surface area is 53.3 Å². The van der Waals surface area contributed by atoms with Crippen LogP contribution in [-0.2, 0) is 13.8 Å². The molecule has 0 saturated carbocycles. The molecule has 0 spiro atoms. The Hall–Kier alpha value is -0.890. The molecule has 0 fully saturated rings. The van der Waals surface area contributed by atoms with Gasteiger partial charge in [0.2, 0.25) is 0 Å². The maximum atomic E-state index is 10.4. The molecule has 0 aromatic rings. The minimum atomic E-state index is -2.37. The largest absolute Gasteiger partial charge is 0.684 e. The smallest absolute Gasteiger partial charge is 0.428 e. The van der Waals surface area contributed by atoms with Crippen LogP contribution in [0.4, 0.5) is 4.79 Å². The van der Waals surface area contributed by atoms with Crippen LogP contribution in [0.25, 0.3) is 0 Å². The fourth-order valence-corrected chi connectivity index (χ4v) is 0.556. The number of rotatable bonds is 3. The minimum Gasteiger partial charge on any atom is -0.428 e. The first kappa shape index (κ1) is 8.11. The normalized spacial score (nSPS) is 9.67. The van der Waals surface area contributed by atoms with E-state index >= 15 is 0 Å². The van der Waals surface area contributed by atoms with E-state index in [2.05, 4.69) is 15.8 Å². The summed E-state index contributed by atoms with van der Waals surface area (Å²) in [7, 11) is -1.24. The zero-order chi connectivity index (χ0) is 7.28. The van der Waals surface area contributed by atoms with E-state index in [1.165, 1.54) is 0 Å². The molecule has 1 atom stereocenters. The van der Waals surface area contributed by atoms with E-state index in [-0.39, 0.29) is 0 Å². The number of carbonyl (C=O) groups excluding carboxylic acids is 1. The molecular weight excluding hydrogens is 143 g/mol. The van der Waals surface area contributed by atoms with E-state index in [1.54, 1.807) is 0 Å². The van der Waals surface area contributed by atoms with Gasteiger partial charge in [-0.15, -0.1) is 0 Å². The van der Waals surface area contributed by atoms with Crippen molar-refractivity contribution in [2.45, 2.75) is 0 Å². The molecule has 0 heterocycles. The van der Waals surface area contributed by atoms with Crippen LogP contribution >= 0.6 is 8.03 Å². The predicted octanol–water partition coefficient (Wildman–Crippen LogP) is 1.66. The average Bonchev–Trinajstić information content (AvgIpc) is 1.87. The number of hydrogen-bond acceptors (Lipinski definition) is 4. The Balaban J connectivity index is 3.73. The average molecular weight is 149 g/mol. The fraction of sp³-hybridized carbons (Fsp3) is 0.250. The van der Waals surface area contributed by atoms with Gasteiger partial charge in [-0.1, -0.05) is 6.58 Å². The summed E-state index contributed by atoms with van der Waals surface area (Å²) in [5.74, 6) is 0. The Bertz CT molecular complexity index is 142. The molecular formula is C4H6O4P+. The van der Waals surface area contributed by atoms with Gasteiger partial charge in [-0.25, -0.2) is 0 Å². The molecule has 0 aromatic carbocycles. The lowest BCUT2D eigenvalue weighted by atomic mass is 11.2. The first-order chi connectivity index (χ1) is 4.22. The van der Waals surface area contributed by atoms with Crippen molar-refractivity contribution in [3.63, 3.8) is 0 Å². The molecule has 0 rings (SSSR count). The molecule has 50 valence electrons. The summed E-state index contributed by atoms with van der Waals surface area (Å²) in [5, 5.41) is 0. The summed E-state index contributed by atoms with van der Waals surface area (Å²) in [6.45, 7) is 3.10. The van der Waals surface area contributed by atoms with Gasteiger partial charge in [0.1, 0.15) is 6.26 Å². The zero-order valence-electron chi connectivity index (χ0n) is 4.86. The van der Waals surface area contributed by atoms with Crippen molar-refractivity contribution in [3.8, 4) is 0 Å². The van der Waals surface area contributed by atoms with Crippen LogP contribution in [0.15, 0.2) is 12.8 Å². The second-order valence-electron chi connectivity index (χ2n) is 0.999. The molecule has 0 radical (unpaired) electrons. The second kappa shape index (κ2) is 4.04. The molecule has 0 amide bonds. The molecule has 0 N–H and O–H groups in total. The SMILES string of the molecule is C=CO[P+](=O)C(=O)OC. The van der Waals surface area contributed by atoms with Crippen molar-refractivity contribution in [2.24, 2.45) is 0 Å². The summed E-state index contributed by atoms with van der Waals surface area (Å²) < 4.78 is 18.6. The number of methoxy groups -OCH3 is 1. The Morgan fingerprint density at radius 2 is 2.33 bits per heavy atom. The summed E-state index contributed by atoms with van der Waals surface area (Å²) in [5.41, 5.74) is -0.884. The van der Waals surface area contributed by atoms with Gasteiger partial charge in [0, 0.05) is 0 Å². The van der Waals surface area contributed by atoms with Gasteiger partial charge >= 0.3 is 13.7 Å². The lowest BCUT2D eigenvalue weighted by molar-refractivity contribution is 0.194. The monoisotopic (exact) mass is 149 g/mol. The van der Waals surface area contributed by atoms with Crippen LogP contribution in [0, 0.1) is 0 Å². The van der Waals surface area contributed by atoms with Crippen LogP contribution in [0.3, 0.4) is 0 Å². The van der Waals surface area contributed by atoms with Crippen LogP contribution in [0.2, 0.25) is 0 Å². The standard InChI is InChI=1S/C4H6O4P/c1-3-8-9(6)4(5)7-2/h3H,1H2,2H3/q+1. The lowest BCUT2D eigenvalue weighted by Gasteiger charge is -1.79. The third-order valence-electron chi connectivity index (χ3n) is 0.494. The predicted molar refractivity (Wildman–Crippen MR) is 31.3 cm³/mol. The lowest BCUT2D eigenvalue weighted by Crippen LogP contribution is -1.89. The van der Waals surface area contributed by atoms with Crippen molar-refractivity contribution in [3.05, 3.63) is 12.8 Å². The molecule has 0 aliphatic rings. The molecule has 0 bridgehead atoms. The van der Waals surface area contributed by atoms with Crippen molar-refractivity contribution in [2.75, 3.05) is 7.11 Å². The quantitative estimate of drug-likeness (QED) is 0.452. The molecule has 5 heteroatoms. The molecule has 1 unspecified atom stereocenters. The first-order valence-electron chi connectivity index (χ1n) is 2.05. The summed E-state index contributed by atoms with van der Waals surface area (Å²) in [4.78, 5) is 10.2. The van der Waals surface area contributed by atoms with Crippen molar-refractivity contribution >= 4 is 13.7 Å². The zero-order valence-corrected chi connectivity index (χ0v) is 5.76. The summed E-state index contributed by atoms with van der Waals surface area (Å²) in [6, 6.07) is 0. The van der Waals surface area contributed by atoms with E-state index in [4.69, 9.17) is 0 Å². The maximum Gasteiger partial charge on any atom is 0.684 e. The Kier molecular flexibility index (Phi) is 3.64. The van der Waals surface area contributed by atoms with Crippen molar-refractivity contribution < 1.29 is 18.6 Å². The molecule has 0 aromatic heterocycles. The summed E-state index contributed by atoms with van der Waals surface area (Å²) >= 11 is 0. The summed E-state index contributed by atoms with van der Waals surface area (Å²) in [6.07, 6.45) is 0.926. The maximum absolute atomic E-state index is 10.4. The van der Waals surface area contributed by atoms with Crippen molar-refractivity contribution in [1.29, 1.82) is 0 Å². The molecule has 0 saturated heterocycles. The highest BCUT2D eigenvalue weighted by Crippen LogP contribution is 2.24. The topological polar surface area (TPSA) is 52.6 Å². The molecule has 0 aliphatic carbocycles. The van der Waals surface area contributed by atoms with E-state index < -0.39 is 13.7 Å². The highest BCUT2D eigenvalue weighted by molar-refractivity contribution is 7.58. The Morgan fingerprint density at radius 3 is 2.67 bits per heavy atom. The van der Waals surface area contributed by atoms with E-state index in [0.717, 1.165) is 13.4 Å². The number of carbonyl (C=O) groups is 1. The first-order valence-corrected chi connectivity index (χ1v) is 3.23. The van der Waals surface area contributed by atoms with Crippen LogP contribution in [-0.4, -0.2) is 12.8 Å². The van der Waals surface area contributed by atoms with Gasteiger partial charge < -0.3 is 4.74 Å². The van der Waals surface area contributed by atoms with Crippen LogP contribution in [0.5, 0.6) is 0 Å². The highest BCUT2D eigenvalue weighted by atomic mass is 31.1. The van der Waals surface area contributed by atoms with Gasteiger partial charge in [-0.3, -0.25) is 4.52 Å². The van der Waals surface area contributed by atoms with Gasteiger partial charge in [0.05, 0.1) is 7.11 Å². The second-order valence-corrected chi connectivity index (χ2v) is 2.09. The van der Waals surface area contributed by atoms with Crippen molar-refractivity contribution in [1.82, 2.24) is 0 Å². The van der Waals surface area contributed by atoms with Gasteiger partial charge in [0.25, 0.3) is 0 Å². The minimum absolute atomic E-state index is 0.884. The number of ether oxygens (including phenoxy) is 1. The Morgan fingerprint density at radius 1 is 1.78 bits per heavy atom. The third-order valence-corrected chi connectivity index (χ3v) is 1.32. The highest BCUT2D eigenvalue weighted by Gasteiger charge is 2.32.